The number of alkyl halides is 3. The van der Waals surface area contributed by atoms with Gasteiger partial charge in [0.1, 0.15) is 0 Å². The van der Waals surface area contributed by atoms with E-state index < -0.39 is 11.9 Å². The third-order valence-corrected chi connectivity index (χ3v) is 5.22. The van der Waals surface area contributed by atoms with Crippen LogP contribution in [0, 0.1) is 0 Å². The molecule has 0 atom stereocenters. The number of H-pyrrole nitrogens is 1. The first-order chi connectivity index (χ1) is 12.9. The van der Waals surface area contributed by atoms with Crippen molar-refractivity contribution in [1.29, 1.82) is 0 Å². The topological polar surface area (TPSA) is 77.2 Å². The lowest BCUT2D eigenvalue weighted by Crippen LogP contribution is -2.50. The maximum absolute atomic E-state index is 12.7. The minimum atomic E-state index is -4.44. The molecule has 142 valence electrons. The average Bonchev–Trinajstić information content (AvgIpc) is 3.30. The molecule has 0 unspecified atom stereocenters. The summed E-state index contributed by atoms with van der Waals surface area (Å²) in [5.41, 5.74) is -0.0602. The summed E-state index contributed by atoms with van der Waals surface area (Å²) in [6.07, 6.45) is -4.44. The molecule has 3 heterocycles. The summed E-state index contributed by atoms with van der Waals surface area (Å²) < 4.78 is 38.1. The second kappa shape index (κ2) is 6.72. The third kappa shape index (κ3) is 3.54. The van der Waals surface area contributed by atoms with Gasteiger partial charge in [0, 0.05) is 36.9 Å². The number of nitrogens with one attached hydrogen (secondary N) is 2. The van der Waals surface area contributed by atoms with Crippen molar-refractivity contribution in [3.8, 4) is 0 Å². The van der Waals surface area contributed by atoms with Crippen LogP contribution in [0.4, 0.5) is 28.9 Å². The summed E-state index contributed by atoms with van der Waals surface area (Å²) in [7, 11) is 0. The van der Waals surface area contributed by atoms with Crippen LogP contribution in [0.1, 0.15) is 5.69 Å². The van der Waals surface area contributed by atoms with Crippen molar-refractivity contribution in [1.82, 2.24) is 20.1 Å². The molecule has 11 heteroatoms. The first-order valence-corrected chi connectivity index (χ1v) is 9.06. The van der Waals surface area contributed by atoms with E-state index in [1.165, 1.54) is 0 Å². The normalized spacial score (nSPS) is 15.4. The van der Waals surface area contributed by atoms with E-state index in [9.17, 15) is 18.0 Å². The number of nitrogens with zero attached hydrogens (tertiary/aromatic N) is 4. The van der Waals surface area contributed by atoms with Gasteiger partial charge in [0.2, 0.25) is 0 Å². The molecule has 1 aromatic carbocycles. The first kappa shape index (κ1) is 17.6. The van der Waals surface area contributed by atoms with Crippen LogP contribution in [0.5, 0.6) is 0 Å². The minimum absolute atomic E-state index is 0.290. The zero-order chi connectivity index (χ0) is 19.0. The first-order valence-electron chi connectivity index (χ1n) is 8.18. The fourth-order valence-corrected chi connectivity index (χ4v) is 3.77. The van der Waals surface area contributed by atoms with Gasteiger partial charge in [-0.25, -0.2) is 9.78 Å². The number of thiazole rings is 1. The number of rotatable bonds is 2. The molecule has 1 aliphatic heterocycles. The monoisotopic (exact) mass is 396 g/mol. The van der Waals surface area contributed by atoms with E-state index in [0.717, 1.165) is 27.6 Å². The van der Waals surface area contributed by atoms with Crippen molar-refractivity contribution in [3.63, 3.8) is 0 Å². The van der Waals surface area contributed by atoms with E-state index >= 15 is 0 Å². The van der Waals surface area contributed by atoms with Gasteiger partial charge in [0.25, 0.3) is 0 Å². The average molecular weight is 396 g/mol. The molecule has 0 aliphatic carbocycles. The number of aromatic nitrogens is 3. The largest absolute Gasteiger partial charge is 0.434 e. The summed E-state index contributed by atoms with van der Waals surface area (Å²) in [6, 6.07) is 7.15. The van der Waals surface area contributed by atoms with E-state index in [1.807, 2.05) is 24.3 Å². The van der Waals surface area contributed by atoms with Crippen LogP contribution in [0.15, 0.2) is 29.6 Å². The van der Waals surface area contributed by atoms with Gasteiger partial charge in [-0.15, -0.1) is 11.3 Å². The van der Waals surface area contributed by atoms with Crippen molar-refractivity contribution in [2.75, 3.05) is 36.4 Å². The van der Waals surface area contributed by atoms with Crippen molar-refractivity contribution >= 4 is 39.2 Å². The molecule has 7 nitrogen and oxygen atoms in total. The van der Waals surface area contributed by atoms with Gasteiger partial charge in [-0.1, -0.05) is 12.1 Å². The molecular weight excluding hydrogens is 381 g/mol. The molecule has 1 aliphatic rings. The fraction of sp³-hybridized carbons (Fsp3) is 0.312. The number of carbonyl (C=O) groups is 1. The predicted molar refractivity (Wildman–Crippen MR) is 96.0 cm³/mol. The quantitative estimate of drug-likeness (QED) is 0.696. The van der Waals surface area contributed by atoms with Crippen molar-refractivity contribution < 1.29 is 18.0 Å². The Morgan fingerprint density at radius 1 is 1.19 bits per heavy atom. The smallest absolute Gasteiger partial charge is 0.345 e. The van der Waals surface area contributed by atoms with Crippen LogP contribution in [0.2, 0.25) is 0 Å². The standard InChI is InChI=1S/C16H15F3N6OS/c17-16(18,19)12-9-27-15(20-12)25-7-5-24(6-8-25)14(26)21-13-10-3-1-2-4-11(10)22-23-13/h1-4,9H,5-8H2,(H2,21,22,23,26). The van der Waals surface area contributed by atoms with Crippen LogP contribution in [0.25, 0.3) is 10.9 Å². The number of amides is 2. The highest BCUT2D eigenvalue weighted by molar-refractivity contribution is 7.13. The van der Waals surface area contributed by atoms with Gasteiger partial charge in [0.05, 0.1) is 5.52 Å². The maximum atomic E-state index is 12.7. The van der Waals surface area contributed by atoms with Crippen molar-refractivity contribution in [2.24, 2.45) is 0 Å². The number of anilines is 2. The Balaban J connectivity index is 1.37. The van der Waals surface area contributed by atoms with Crippen LogP contribution >= 0.6 is 11.3 Å². The molecule has 0 bridgehead atoms. The Morgan fingerprint density at radius 3 is 2.63 bits per heavy atom. The Labute approximate surface area is 155 Å². The molecule has 2 aromatic heterocycles. The molecule has 3 aromatic rings. The Morgan fingerprint density at radius 2 is 1.93 bits per heavy atom. The molecule has 0 radical (unpaired) electrons. The summed E-state index contributed by atoms with van der Waals surface area (Å²) in [5.74, 6) is 0.452. The second-order valence-electron chi connectivity index (χ2n) is 6.04. The molecule has 2 N–H and O–H groups in total. The van der Waals surface area contributed by atoms with Gasteiger partial charge < -0.3 is 9.80 Å². The van der Waals surface area contributed by atoms with E-state index in [4.69, 9.17) is 0 Å². The lowest BCUT2D eigenvalue weighted by atomic mass is 10.2. The molecule has 27 heavy (non-hydrogen) atoms. The molecule has 2 amide bonds. The minimum Gasteiger partial charge on any atom is -0.345 e. The van der Waals surface area contributed by atoms with Crippen LogP contribution in [0.3, 0.4) is 0 Å². The number of fused-ring (bicyclic) bond motifs is 1. The number of urea groups is 1. The number of para-hydroxylation sites is 1. The molecule has 0 spiro atoms. The van der Waals surface area contributed by atoms with Crippen molar-refractivity contribution in [3.05, 3.63) is 35.3 Å². The molecule has 0 saturated carbocycles. The van der Waals surface area contributed by atoms with E-state index in [2.05, 4.69) is 20.5 Å². The Kier molecular flexibility index (Phi) is 4.38. The van der Waals surface area contributed by atoms with E-state index in [1.54, 1.807) is 9.80 Å². The predicted octanol–water partition coefficient (Wildman–Crippen LogP) is 3.39. The number of carbonyl (C=O) groups excluding carboxylic acids is 1. The number of benzene rings is 1. The lowest BCUT2D eigenvalue weighted by Gasteiger charge is -2.34. The Hall–Kier alpha value is -2.82. The van der Waals surface area contributed by atoms with Crippen molar-refractivity contribution in [2.45, 2.75) is 6.18 Å². The maximum Gasteiger partial charge on any atom is 0.434 e. The second-order valence-corrected chi connectivity index (χ2v) is 6.87. The molecule has 1 fully saturated rings. The molecular formula is C16H15F3N6OS. The van der Waals surface area contributed by atoms with Gasteiger partial charge in [-0.05, 0) is 12.1 Å². The van der Waals surface area contributed by atoms with Gasteiger partial charge in [0.15, 0.2) is 16.6 Å². The summed E-state index contributed by atoms with van der Waals surface area (Å²) in [5, 5.41) is 11.9. The lowest BCUT2D eigenvalue weighted by molar-refractivity contribution is -0.140. The number of hydrogen-bond acceptors (Lipinski definition) is 5. The molecule has 4 rings (SSSR count). The van der Waals surface area contributed by atoms with Crippen LogP contribution < -0.4 is 10.2 Å². The zero-order valence-electron chi connectivity index (χ0n) is 14.0. The number of aromatic amines is 1. The summed E-state index contributed by atoms with van der Waals surface area (Å²) >= 11 is 0.959. The fourth-order valence-electron chi connectivity index (χ4n) is 2.88. The highest BCUT2D eigenvalue weighted by Crippen LogP contribution is 2.33. The highest BCUT2D eigenvalue weighted by atomic mass is 32.1. The van der Waals surface area contributed by atoms with Gasteiger partial charge in [-0.3, -0.25) is 10.4 Å². The van der Waals surface area contributed by atoms with Crippen LogP contribution in [-0.2, 0) is 6.18 Å². The Bertz CT molecular complexity index is 960. The van der Waals surface area contributed by atoms with E-state index in [-0.39, 0.29) is 6.03 Å². The van der Waals surface area contributed by atoms with Crippen LogP contribution in [-0.4, -0.2) is 52.3 Å². The van der Waals surface area contributed by atoms with Gasteiger partial charge >= 0.3 is 12.2 Å². The van der Waals surface area contributed by atoms with Gasteiger partial charge in [-0.2, -0.15) is 18.3 Å². The third-order valence-electron chi connectivity index (χ3n) is 4.32. The summed E-state index contributed by atoms with van der Waals surface area (Å²) in [4.78, 5) is 19.5. The number of piperazine rings is 1. The molecule has 1 saturated heterocycles. The zero-order valence-corrected chi connectivity index (χ0v) is 14.8. The summed E-state index contributed by atoms with van der Waals surface area (Å²) in [6.45, 7) is 1.60. The highest BCUT2D eigenvalue weighted by Gasteiger charge is 2.34. The SMILES string of the molecule is O=C(Nc1n[nH]c2ccccc12)N1CCN(c2nc(C(F)(F)F)cs2)CC1. The number of halogens is 3. The van der Waals surface area contributed by atoms with E-state index in [0.29, 0.717) is 37.1 Å². The number of hydrogen-bond donors (Lipinski definition) is 2.